The smallest absolute Gasteiger partial charge is 0.244 e. The van der Waals surface area contributed by atoms with E-state index in [0.717, 1.165) is 23.1 Å². The summed E-state index contributed by atoms with van der Waals surface area (Å²) in [6.45, 7) is 7.80. The molecule has 0 aliphatic heterocycles. The quantitative estimate of drug-likeness (QED) is 0.677. The average Bonchev–Trinajstić information content (AvgIpc) is 2.64. The number of carbonyl (C=O) groups excluding carboxylic acids is 1. The highest BCUT2D eigenvalue weighted by Gasteiger charge is 2.32. The van der Waals surface area contributed by atoms with Crippen LogP contribution in [0.25, 0.3) is 0 Å². The zero-order valence-electron chi connectivity index (χ0n) is 17.7. The van der Waals surface area contributed by atoms with Crippen molar-refractivity contribution in [2.45, 2.75) is 46.2 Å². The number of rotatable bonds is 9. The second-order valence-electron chi connectivity index (χ2n) is 7.36. The summed E-state index contributed by atoms with van der Waals surface area (Å²) < 4.78 is 31.9. The number of benzene rings is 2. The number of hydrogen-bond acceptors (Lipinski definition) is 4. The largest absolute Gasteiger partial charge is 0.491 e. The van der Waals surface area contributed by atoms with Gasteiger partial charge >= 0.3 is 0 Å². The van der Waals surface area contributed by atoms with E-state index >= 15 is 0 Å². The van der Waals surface area contributed by atoms with Crippen LogP contribution in [0.5, 0.6) is 5.75 Å². The molecule has 0 saturated carbocycles. The Morgan fingerprint density at radius 1 is 1.10 bits per heavy atom. The van der Waals surface area contributed by atoms with Crippen LogP contribution in [0.15, 0.2) is 48.5 Å². The summed E-state index contributed by atoms with van der Waals surface area (Å²) in [5, 5.41) is 2.88. The van der Waals surface area contributed by atoms with Gasteiger partial charge in [0.15, 0.2) is 0 Å². The summed E-state index contributed by atoms with van der Waals surface area (Å²) in [7, 11) is -3.64. The fourth-order valence-corrected chi connectivity index (χ4v) is 4.27. The first-order chi connectivity index (χ1) is 13.6. The van der Waals surface area contributed by atoms with Crippen LogP contribution < -0.4 is 14.4 Å². The van der Waals surface area contributed by atoms with Crippen molar-refractivity contribution < 1.29 is 17.9 Å². The molecule has 0 aliphatic rings. The first-order valence-electron chi connectivity index (χ1n) is 9.67. The summed E-state index contributed by atoms with van der Waals surface area (Å²) >= 11 is 0. The second-order valence-corrected chi connectivity index (χ2v) is 9.21. The monoisotopic (exact) mass is 418 g/mol. The highest BCUT2D eigenvalue weighted by molar-refractivity contribution is 7.92. The standard InChI is InChI=1S/C22H30N2O4S/c1-6-21(24(29(5,26)27)19-9-7-8-17(3)14-19)22(25)23-18(4)15-28-20-12-10-16(2)11-13-20/h7-14,18,21H,6,15H2,1-5H3,(H,23,25)/t18-,21+/m0/s1. The zero-order valence-corrected chi connectivity index (χ0v) is 18.5. The number of hydrogen-bond donors (Lipinski definition) is 1. The van der Waals surface area contributed by atoms with E-state index in [0.29, 0.717) is 12.1 Å². The first kappa shape index (κ1) is 22.7. The SMILES string of the molecule is CC[C@H](C(=O)N[C@@H](C)COc1ccc(C)cc1)N(c1cccc(C)c1)S(C)(=O)=O. The van der Waals surface area contributed by atoms with Gasteiger partial charge in [0.1, 0.15) is 18.4 Å². The maximum absolute atomic E-state index is 12.9. The Kier molecular flexibility index (Phi) is 7.67. The maximum atomic E-state index is 12.9. The van der Waals surface area contributed by atoms with Gasteiger partial charge in [0.05, 0.1) is 18.0 Å². The minimum absolute atomic E-state index is 0.281. The summed E-state index contributed by atoms with van der Waals surface area (Å²) in [6.07, 6.45) is 1.47. The van der Waals surface area contributed by atoms with E-state index in [1.807, 2.05) is 51.1 Å². The third kappa shape index (κ3) is 6.49. The molecule has 0 saturated heterocycles. The highest BCUT2D eigenvalue weighted by Crippen LogP contribution is 2.23. The van der Waals surface area contributed by atoms with E-state index < -0.39 is 16.1 Å². The van der Waals surface area contributed by atoms with E-state index in [2.05, 4.69) is 5.32 Å². The summed E-state index contributed by atoms with van der Waals surface area (Å²) in [6, 6.07) is 13.7. The van der Waals surface area contributed by atoms with Gasteiger partial charge < -0.3 is 10.1 Å². The minimum atomic E-state index is -3.64. The van der Waals surface area contributed by atoms with Gasteiger partial charge in [0.2, 0.25) is 15.9 Å². The Labute approximate surface area is 173 Å². The Morgan fingerprint density at radius 2 is 1.76 bits per heavy atom. The summed E-state index contributed by atoms with van der Waals surface area (Å²) in [5.41, 5.74) is 2.55. The van der Waals surface area contributed by atoms with Crippen molar-refractivity contribution in [2.75, 3.05) is 17.2 Å². The lowest BCUT2D eigenvalue weighted by molar-refractivity contribution is -0.123. The molecule has 1 N–H and O–H groups in total. The number of nitrogens with one attached hydrogen (secondary N) is 1. The van der Waals surface area contributed by atoms with Crippen molar-refractivity contribution >= 4 is 21.6 Å². The number of sulfonamides is 1. The van der Waals surface area contributed by atoms with Crippen molar-refractivity contribution in [3.8, 4) is 5.75 Å². The lowest BCUT2D eigenvalue weighted by Gasteiger charge is -2.31. The molecule has 29 heavy (non-hydrogen) atoms. The van der Waals surface area contributed by atoms with Crippen molar-refractivity contribution in [2.24, 2.45) is 0 Å². The van der Waals surface area contributed by atoms with Crippen LogP contribution in [0.2, 0.25) is 0 Å². The van der Waals surface area contributed by atoms with Crippen LogP contribution in [0.4, 0.5) is 5.69 Å². The molecule has 0 aromatic heterocycles. The predicted molar refractivity (Wildman–Crippen MR) is 117 cm³/mol. The van der Waals surface area contributed by atoms with Crippen LogP contribution in [-0.2, 0) is 14.8 Å². The van der Waals surface area contributed by atoms with Crippen LogP contribution >= 0.6 is 0 Å². The van der Waals surface area contributed by atoms with Gasteiger partial charge in [0, 0.05) is 0 Å². The second kappa shape index (κ2) is 9.78. The molecule has 0 unspecified atom stereocenters. The molecule has 0 bridgehead atoms. The van der Waals surface area contributed by atoms with E-state index in [9.17, 15) is 13.2 Å². The van der Waals surface area contributed by atoms with Gasteiger partial charge in [-0.1, -0.05) is 36.8 Å². The molecule has 0 radical (unpaired) electrons. The van der Waals surface area contributed by atoms with E-state index in [1.165, 1.54) is 4.31 Å². The van der Waals surface area contributed by atoms with Gasteiger partial charge in [-0.05, 0) is 57.0 Å². The number of nitrogens with zero attached hydrogens (tertiary/aromatic N) is 1. The highest BCUT2D eigenvalue weighted by atomic mass is 32.2. The van der Waals surface area contributed by atoms with Gasteiger partial charge in [-0.3, -0.25) is 9.10 Å². The van der Waals surface area contributed by atoms with Gasteiger partial charge in [0.25, 0.3) is 0 Å². The number of amides is 1. The Morgan fingerprint density at radius 3 is 2.31 bits per heavy atom. The molecule has 158 valence electrons. The van der Waals surface area contributed by atoms with E-state index in [-0.39, 0.29) is 18.6 Å². The lowest BCUT2D eigenvalue weighted by Crippen LogP contribution is -2.52. The van der Waals surface area contributed by atoms with Gasteiger partial charge in [-0.25, -0.2) is 8.42 Å². The molecule has 2 rings (SSSR count). The van der Waals surface area contributed by atoms with E-state index in [1.54, 1.807) is 25.1 Å². The topological polar surface area (TPSA) is 75.7 Å². The molecule has 0 aliphatic carbocycles. The van der Waals surface area contributed by atoms with Crippen molar-refractivity contribution in [3.05, 3.63) is 59.7 Å². The molecule has 6 nitrogen and oxygen atoms in total. The Balaban J connectivity index is 2.11. The number of ether oxygens (including phenoxy) is 1. The molecule has 2 aromatic rings. The normalized spacial score (nSPS) is 13.4. The molecule has 0 spiro atoms. The summed E-state index contributed by atoms with van der Waals surface area (Å²) in [4.78, 5) is 12.9. The molecule has 2 aromatic carbocycles. The van der Waals surface area contributed by atoms with Crippen LogP contribution in [0.1, 0.15) is 31.4 Å². The first-order valence-corrected chi connectivity index (χ1v) is 11.5. The maximum Gasteiger partial charge on any atom is 0.244 e. The number of aryl methyl sites for hydroxylation is 2. The molecular formula is C22H30N2O4S. The Bertz CT molecular complexity index is 926. The van der Waals surface area contributed by atoms with Crippen LogP contribution in [-0.4, -0.2) is 39.3 Å². The third-order valence-corrected chi connectivity index (χ3v) is 5.68. The lowest BCUT2D eigenvalue weighted by atomic mass is 10.1. The fourth-order valence-electron chi connectivity index (χ4n) is 3.06. The van der Waals surface area contributed by atoms with Crippen molar-refractivity contribution in [3.63, 3.8) is 0 Å². The van der Waals surface area contributed by atoms with E-state index in [4.69, 9.17) is 4.74 Å². The third-order valence-electron chi connectivity index (χ3n) is 4.50. The average molecular weight is 419 g/mol. The number of anilines is 1. The molecule has 0 fully saturated rings. The molecular weight excluding hydrogens is 388 g/mol. The molecule has 2 atom stereocenters. The zero-order chi connectivity index (χ0) is 21.6. The van der Waals surface area contributed by atoms with Crippen LogP contribution in [0.3, 0.4) is 0 Å². The van der Waals surface area contributed by atoms with Crippen molar-refractivity contribution in [1.29, 1.82) is 0 Å². The van der Waals surface area contributed by atoms with Gasteiger partial charge in [-0.2, -0.15) is 0 Å². The number of carbonyl (C=O) groups is 1. The molecule has 7 heteroatoms. The molecule has 0 heterocycles. The van der Waals surface area contributed by atoms with Crippen molar-refractivity contribution in [1.82, 2.24) is 5.32 Å². The van der Waals surface area contributed by atoms with Crippen LogP contribution in [0, 0.1) is 13.8 Å². The fraction of sp³-hybridized carbons (Fsp3) is 0.409. The van der Waals surface area contributed by atoms with Gasteiger partial charge in [-0.15, -0.1) is 0 Å². The Hall–Kier alpha value is -2.54. The minimum Gasteiger partial charge on any atom is -0.491 e. The summed E-state index contributed by atoms with van der Waals surface area (Å²) in [5.74, 6) is 0.376. The molecule has 1 amide bonds. The predicted octanol–water partition coefficient (Wildman–Crippen LogP) is 3.43.